The number of ether oxygens (including phenoxy) is 1. The van der Waals surface area contributed by atoms with Gasteiger partial charge in [-0.3, -0.25) is 0 Å². The molecule has 0 fully saturated rings. The molecule has 0 radical (unpaired) electrons. The van der Waals surface area contributed by atoms with Gasteiger partial charge in [0.15, 0.2) is 0 Å². The molecule has 0 rings (SSSR count). The van der Waals surface area contributed by atoms with Crippen molar-refractivity contribution < 1.29 is 9.53 Å². The lowest BCUT2D eigenvalue weighted by molar-refractivity contribution is -0.139. The zero-order valence-corrected chi connectivity index (χ0v) is 15.1. The van der Waals surface area contributed by atoms with Crippen molar-refractivity contribution in [1.29, 1.82) is 0 Å². The van der Waals surface area contributed by atoms with Gasteiger partial charge in [-0.25, -0.2) is 4.79 Å². The highest BCUT2D eigenvalue weighted by Gasteiger charge is 2.24. The molecular formula is C17H34O2Si. The molecule has 0 unspecified atom stereocenters. The van der Waals surface area contributed by atoms with E-state index < -0.39 is 8.07 Å². The molecule has 0 aromatic carbocycles. The second kappa shape index (κ2) is 11.1. The summed E-state index contributed by atoms with van der Waals surface area (Å²) in [6, 6.07) is 4.32. The van der Waals surface area contributed by atoms with Crippen molar-refractivity contribution in [2.45, 2.75) is 84.0 Å². The molecular weight excluding hydrogens is 264 g/mol. The van der Waals surface area contributed by atoms with E-state index in [1.54, 1.807) is 6.92 Å². The van der Waals surface area contributed by atoms with Gasteiger partial charge in [0.1, 0.15) is 0 Å². The first-order chi connectivity index (χ1) is 9.45. The molecule has 0 spiro atoms. The van der Waals surface area contributed by atoms with E-state index in [9.17, 15) is 4.79 Å². The molecule has 0 aromatic heterocycles. The van der Waals surface area contributed by atoms with Crippen molar-refractivity contribution in [3.63, 3.8) is 0 Å². The predicted molar refractivity (Wildman–Crippen MR) is 90.9 cm³/mol. The van der Waals surface area contributed by atoms with Gasteiger partial charge in [-0.1, -0.05) is 77.2 Å². The maximum atomic E-state index is 11.3. The van der Waals surface area contributed by atoms with Crippen LogP contribution < -0.4 is 0 Å². The third kappa shape index (κ3) is 9.35. The highest BCUT2D eigenvalue weighted by Crippen LogP contribution is 2.27. The number of hydrogen-bond donors (Lipinski definition) is 0. The van der Waals surface area contributed by atoms with Gasteiger partial charge in [-0.15, -0.1) is 0 Å². The molecule has 0 amide bonds. The van der Waals surface area contributed by atoms with Gasteiger partial charge in [-0.2, -0.15) is 0 Å². The van der Waals surface area contributed by atoms with Gasteiger partial charge in [0.2, 0.25) is 0 Å². The minimum atomic E-state index is -1.05. The average Bonchev–Trinajstić information content (AvgIpc) is 2.42. The summed E-state index contributed by atoms with van der Waals surface area (Å²) in [7, 11) is -1.05. The first-order valence-corrected chi connectivity index (χ1v) is 11.4. The predicted octanol–water partition coefficient (Wildman–Crippen LogP) is 5.56. The van der Waals surface area contributed by atoms with E-state index in [0.717, 1.165) is 6.42 Å². The molecule has 0 aromatic rings. The van der Waals surface area contributed by atoms with Gasteiger partial charge in [-0.05, 0) is 13.3 Å². The second-order valence-electron chi connectivity index (χ2n) is 6.39. The van der Waals surface area contributed by atoms with Crippen LogP contribution in [0.2, 0.25) is 24.7 Å². The summed E-state index contributed by atoms with van der Waals surface area (Å²) in [5.41, 5.74) is 0.495. The maximum Gasteiger partial charge on any atom is 0.333 e. The summed E-state index contributed by atoms with van der Waals surface area (Å²) in [6.07, 6.45) is 7.60. The number of carbonyl (C=O) groups is 1. The third-order valence-corrected chi connectivity index (χ3v) is 8.71. The summed E-state index contributed by atoms with van der Waals surface area (Å²) in [6.45, 7) is 13.0. The molecule has 0 atom stereocenters. The lowest BCUT2D eigenvalue weighted by atomic mass is 10.3. The summed E-state index contributed by atoms with van der Waals surface area (Å²) < 4.78 is 5.16. The van der Waals surface area contributed by atoms with Gasteiger partial charge >= 0.3 is 5.97 Å². The number of rotatable bonds is 12. The van der Waals surface area contributed by atoms with Crippen LogP contribution in [0.25, 0.3) is 0 Å². The van der Waals surface area contributed by atoms with Crippen LogP contribution in [0.3, 0.4) is 0 Å². The van der Waals surface area contributed by atoms with Crippen molar-refractivity contribution in [2.24, 2.45) is 0 Å². The van der Waals surface area contributed by atoms with E-state index in [-0.39, 0.29) is 5.97 Å². The quantitative estimate of drug-likeness (QED) is 0.204. The molecule has 0 aliphatic carbocycles. The van der Waals surface area contributed by atoms with Crippen LogP contribution in [0.15, 0.2) is 12.2 Å². The third-order valence-electron chi connectivity index (χ3n) is 4.02. The van der Waals surface area contributed by atoms with Crippen LogP contribution in [0.4, 0.5) is 0 Å². The Kier molecular flexibility index (Phi) is 10.8. The highest BCUT2D eigenvalue weighted by molar-refractivity contribution is 6.78. The van der Waals surface area contributed by atoms with Gasteiger partial charge in [0.05, 0.1) is 14.7 Å². The van der Waals surface area contributed by atoms with Gasteiger partial charge in [0, 0.05) is 5.57 Å². The molecule has 0 bridgehead atoms. The largest absolute Gasteiger partial charge is 0.462 e. The lowest BCUT2D eigenvalue weighted by Crippen LogP contribution is -2.29. The fourth-order valence-electron chi connectivity index (χ4n) is 2.52. The summed E-state index contributed by atoms with van der Waals surface area (Å²) in [5, 5.41) is 0. The summed E-state index contributed by atoms with van der Waals surface area (Å²) in [5.74, 6) is -0.248. The Labute approximate surface area is 127 Å². The van der Waals surface area contributed by atoms with E-state index >= 15 is 0 Å². The first-order valence-electron chi connectivity index (χ1n) is 8.28. The van der Waals surface area contributed by atoms with E-state index in [4.69, 9.17) is 4.74 Å². The smallest absolute Gasteiger partial charge is 0.333 e. The van der Waals surface area contributed by atoms with Gasteiger partial charge < -0.3 is 4.74 Å². The Balaban J connectivity index is 3.94. The topological polar surface area (TPSA) is 26.3 Å². The molecule has 2 nitrogen and oxygen atoms in total. The normalized spacial score (nSPS) is 11.4. The lowest BCUT2D eigenvalue weighted by Gasteiger charge is -2.27. The van der Waals surface area contributed by atoms with E-state index in [1.165, 1.54) is 50.2 Å². The molecule has 118 valence electrons. The standard InChI is InChI=1S/C17H34O2Si/c1-6-8-13-20(5,14-9-7-2)15-11-10-12-19-17(18)16(3)4/h3,6-15H2,1-2,4-5H3. The fraction of sp³-hybridized carbons (Fsp3) is 0.824. The average molecular weight is 299 g/mol. The molecule has 0 saturated heterocycles. The number of unbranched alkanes of at least 4 members (excludes halogenated alkanes) is 3. The van der Waals surface area contributed by atoms with Crippen molar-refractivity contribution in [2.75, 3.05) is 6.61 Å². The molecule has 0 heterocycles. The summed E-state index contributed by atoms with van der Waals surface area (Å²) >= 11 is 0. The van der Waals surface area contributed by atoms with E-state index in [0.29, 0.717) is 12.2 Å². The molecule has 0 saturated carbocycles. The monoisotopic (exact) mass is 298 g/mol. The van der Waals surface area contributed by atoms with Crippen LogP contribution in [-0.4, -0.2) is 20.7 Å². The number of carbonyl (C=O) groups excluding carboxylic acids is 1. The Morgan fingerprint density at radius 2 is 1.50 bits per heavy atom. The molecule has 0 N–H and O–H groups in total. The van der Waals surface area contributed by atoms with Gasteiger partial charge in [0.25, 0.3) is 0 Å². The van der Waals surface area contributed by atoms with Crippen molar-refractivity contribution in [3.05, 3.63) is 12.2 Å². The van der Waals surface area contributed by atoms with Crippen LogP contribution in [-0.2, 0) is 9.53 Å². The molecule has 20 heavy (non-hydrogen) atoms. The van der Waals surface area contributed by atoms with Crippen LogP contribution in [0.1, 0.15) is 59.3 Å². The van der Waals surface area contributed by atoms with Crippen LogP contribution in [0, 0.1) is 0 Å². The van der Waals surface area contributed by atoms with Crippen molar-refractivity contribution in [1.82, 2.24) is 0 Å². The van der Waals surface area contributed by atoms with E-state index in [2.05, 4.69) is 27.0 Å². The molecule has 0 aliphatic heterocycles. The SMILES string of the molecule is C=C(C)C(=O)OCCCC[Si](C)(CCCC)CCCC. The van der Waals surface area contributed by atoms with Crippen molar-refractivity contribution in [3.8, 4) is 0 Å². The Bertz CT molecular complexity index is 279. The minimum absolute atomic E-state index is 0.248. The van der Waals surface area contributed by atoms with Crippen LogP contribution >= 0.6 is 0 Å². The molecule has 3 heteroatoms. The molecule has 0 aliphatic rings. The number of hydrogen-bond acceptors (Lipinski definition) is 2. The number of esters is 1. The van der Waals surface area contributed by atoms with E-state index in [1.807, 2.05) is 0 Å². The zero-order valence-electron chi connectivity index (χ0n) is 14.1. The summed E-state index contributed by atoms with van der Waals surface area (Å²) in [4.78, 5) is 11.3. The fourth-order valence-corrected chi connectivity index (χ4v) is 6.79. The Morgan fingerprint density at radius 3 is 1.95 bits per heavy atom. The Morgan fingerprint density at radius 1 is 1.00 bits per heavy atom. The van der Waals surface area contributed by atoms with Crippen molar-refractivity contribution >= 4 is 14.0 Å². The first kappa shape index (κ1) is 19.4. The zero-order chi connectivity index (χ0) is 15.4. The Hall–Kier alpha value is -0.573. The highest BCUT2D eigenvalue weighted by atomic mass is 28.3. The van der Waals surface area contributed by atoms with Crippen LogP contribution in [0.5, 0.6) is 0 Å². The second-order valence-corrected chi connectivity index (χ2v) is 11.5. The minimum Gasteiger partial charge on any atom is -0.462 e. The maximum absolute atomic E-state index is 11.3.